The van der Waals surface area contributed by atoms with Crippen LogP contribution in [0.4, 0.5) is 0 Å². The third-order valence-electron chi connectivity index (χ3n) is 1.26. The van der Waals surface area contributed by atoms with E-state index in [1.54, 1.807) is 6.07 Å². The van der Waals surface area contributed by atoms with Gasteiger partial charge in [-0.05, 0) is 24.7 Å². The maximum atomic E-state index is 10.4. The predicted molar refractivity (Wildman–Crippen MR) is 49.6 cm³/mol. The second kappa shape index (κ2) is 3.84. The molecular formula is C7H9O2PS. The van der Waals surface area contributed by atoms with Crippen LogP contribution >= 0.6 is 20.6 Å². The summed E-state index contributed by atoms with van der Waals surface area (Å²) in [5.74, 6) is -0.829. The van der Waals surface area contributed by atoms with Gasteiger partial charge in [-0.15, -0.1) is 20.6 Å². The fourth-order valence-electron chi connectivity index (χ4n) is 0.769. The number of thiophene rings is 1. The molecule has 1 atom stereocenters. The smallest absolute Gasteiger partial charge is 0.345 e. The normalized spacial score (nSPS) is 9.91. The Kier molecular flexibility index (Phi) is 3.03. The largest absolute Gasteiger partial charge is 0.477 e. The Morgan fingerprint density at radius 2 is 2.36 bits per heavy atom. The van der Waals surface area contributed by atoms with Gasteiger partial charge in [-0.1, -0.05) is 0 Å². The highest BCUT2D eigenvalue weighted by Crippen LogP contribution is 2.17. The van der Waals surface area contributed by atoms with Gasteiger partial charge in [-0.25, -0.2) is 4.79 Å². The van der Waals surface area contributed by atoms with Crippen molar-refractivity contribution >= 4 is 26.5 Å². The molecule has 1 heterocycles. The van der Waals surface area contributed by atoms with Gasteiger partial charge in [0.1, 0.15) is 4.88 Å². The van der Waals surface area contributed by atoms with E-state index in [4.69, 9.17) is 5.11 Å². The first kappa shape index (κ1) is 8.69. The maximum Gasteiger partial charge on any atom is 0.345 e. The van der Waals surface area contributed by atoms with Crippen LogP contribution in [0.25, 0.3) is 0 Å². The number of aromatic carboxylic acids is 1. The molecule has 0 saturated carbocycles. The van der Waals surface area contributed by atoms with E-state index in [-0.39, 0.29) is 0 Å². The Hall–Kier alpha value is -0.400. The van der Waals surface area contributed by atoms with Crippen molar-refractivity contribution in [2.75, 3.05) is 6.16 Å². The molecule has 1 aromatic heterocycles. The van der Waals surface area contributed by atoms with Gasteiger partial charge in [-0.3, -0.25) is 0 Å². The summed E-state index contributed by atoms with van der Waals surface area (Å²) in [5, 5.41) is 8.57. The SMILES string of the molecule is O=C(O)c1ccc(CCP)s1. The Bertz CT molecular complexity index is 257. The van der Waals surface area contributed by atoms with E-state index in [2.05, 4.69) is 9.24 Å². The van der Waals surface area contributed by atoms with Crippen LogP contribution in [0.2, 0.25) is 0 Å². The first-order valence-corrected chi connectivity index (χ1v) is 4.89. The lowest BCUT2D eigenvalue weighted by atomic mass is 10.4. The topological polar surface area (TPSA) is 37.3 Å². The first-order chi connectivity index (χ1) is 5.24. The minimum absolute atomic E-state index is 0.429. The molecule has 0 radical (unpaired) electrons. The lowest BCUT2D eigenvalue weighted by Gasteiger charge is -1.87. The molecule has 2 nitrogen and oxygen atoms in total. The van der Waals surface area contributed by atoms with Crippen molar-refractivity contribution in [1.29, 1.82) is 0 Å². The Labute approximate surface area is 71.5 Å². The summed E-state index contributed by atoms with van der Waals surface area (Å²) in [4.78, 5) is 12.0. The molecule has 11 heavy (non-hydrogen) atoms. The summed E-state index contributed by atoms with van der Waals surface area (Å²) < 4.78 is 0. The highest BCUT2D eigenvalue weighted by atomic mass is 32.1. The highest BCUT2D eigenvalue weighted by molar-refractivity contribution is 7.17. The molecule has 0 aliphatic heterocycles. The van der Waals surface area contributed by atoms with Crippen molar-refractivity contribution < 1.29 is 9.90 Å². The first-order valence-electron chi connectivity index (χ1n) is 3.26. The zero-order chi connectivity index (χ0) is 8.27. The van der Waals surface area contributed by atoms with E-state index >= 15 is 0 Å². The molecule has 0 fully saturated rings. The second-order valence-electron chi connectivity index (χ2n) is 2.11. The Balaban J connectivity index is 2.73. The van der Waals surface area contributed by atoms with E-state index in [0.717, 1.165) is 17.5 Å². The van der Waals surface area contributed by atoms with Crippen LogP contribution in [-0.2, 0) is 6.42 Å². The van der Waals surface area contributed by atoms with Crippen LogP contribution in [0.1, 0.15) is 14.5 Å². The summed E-state index contributed by atoms with van der Waals surface area (Å²) in [6, 6.07) is 3.53. The van der Waals surface area contributed by atoms with E-state index < -0.39 is 5.97 Å². The minimum Gasteiger partial charge on any atom is -0.477 e. The van der Waals surface area contributed by atoms with Crippen molar-refractivity contribution in [2.24, 2.45) is 0 Å². The molecule has 0 spiro atoms. The van der Waals surface area contributed by atoms with Gasteiger partial charge in [0.25, 0.3) is 0 Å². The van der Waals surface area contributed by atoms with E-state index in [9.17, 15) is 4.79 Å². The van der Waals surface area contributed by atoms with Gasteiger partial charge in [0.05, 0.1) is 0 Å². The van der Waals surface area contributed by atoms with Gasteiger partial charge in [0.15, 0.2) is 0 Å². The average Bonchev–Trinajstić information content (AvgIpc) is 2.37. The Morgan fingerprint density at radius 1 is 1.64 bits per heavy atom. The molecule has 1 rings (SSSR count). The number of carboxylic acids is 1. The molecule has 60 valence electrons. The van der Waals surface area contributed by atoms with Crippen molar-refractivity contribution in [3.63, 3.8) is 0 Å². The van der Waals surface area contributed by atoms with Crippen molar-refractivity contribution in [2.45, 2.75) is 6.42 Å². The number of hydrogen-bond acceptors (Lipinski definition) is 2. The van der Waals surface area contributed by atoms with E-state index in [1.807, 2.05) is 6.07 Å². The lowest BCUT2D eigenvalue weighted by molar-refractivity contribution is 0.0702. The third kappa shape index (κ3) is 2.28. The van der Waals surface area contributed by atoms with Crippen molar-refractivity contribution in [3.8, 4) is 0 Å². The number of aryl methyl sites for hydroxylation is 1. The van der Waals surface area contributed by atoms with Crippen LogP contribution in [0, 0.1) is 0 Å². The minimum atomic E-state index is -0.829. The van der Waals surface area contributed by atoms with Gasteiger partial charge < -0.3 is 5.11 Å². The van der Waals surface area contributed by atoms with Crippen LogP contribution in [0.15, 0.2) is 12.1 Å². The second-order valence-corrected chi connectivity index (χ2v) is 3.86. The molecule has 0 aliphatic carbocycles. The molecule has 0 aromatic carbocycles. The molecule has 4 heteroatoms. The summed E-state index contributed by atoms with van der Waals surface area (Å²) in [7, 11) is 2.62. The van der Waals surface area contributed by atoms with Crippen molar-refractivity contribution in [1.82, 2.24) is 0 Å². The summed E-state index contributed by atoms with van der Waals surface area (Å²) in [5.41, 5.74) is 0. The standard InChI is InChI=1S/C7H9O2PS/c8-7(9)6-2-1-5(11-6)3-4-10/h1-2H,3-4,10H2,(H,8,9). The van der Waals surface area contributed by atoms with E-state index in [0.29, 0.717) is 4.88 Å². The van der Waals surface area contributed by atoms with Gasteiger partial charge in [-0.2, -0.15) is 0 Å². The molecule has 0 aliphatic rings. The zero-order valence-corrected chi connectivity index (χ0v) is 7.88. The zero-order valence-electron chi connectivity index (χ0n) is 5.91. The number of carboxylic acid groups (broad SMARTS) is 1. The van der Waals surface area contributed by atoms with Gasteiger partial charge in [0.2, 0.25) is 0 Å². The lowest BCUT2D eigenvalue weighted by Crippen LogP contribution is -1.89. The molecule has 0 saturated heterocycles. The van der Waals surface area contributed by atoms with Crippen LogP contribution in [0.5, 0.6) is 0 Å². The van der Waals surface area contributed by atoms with Gasteiger partial charge >= 0.3 is 5.97 Å². The molecule has 0 amide bonds. The molecule has 1 N–H and O–H groups in total. The summed E-state index contributed by atoms with van der Waals surface area (Å²) in [6.45, 7) is 0. The molecular weight excluding hydrogens is 179 g/mol. The molecule has 1 unspecified atom stereocenters. The van der Waals surface area contributed by atoms with Crippen LogP contribution in [-0.4, -0.2) is 17.2 Å². The molecule has 1 aromatic rings. The number of hydrogen-bond donors (Lipinski definition) is 1. The third-order valence-corrected chi connectivity index (χ3v) is 2.68. The quantitative estimate of drug-likeness (QED) is 0.735. The summed E-state index contributed by atoms with van der Waals surface area (Å²) >= 11 is 1.35. The summed E-state index contributed by atoms with van der Waals surface area (Å²) in [6.07, 6.45) is 1.93. The Morgan fingerprint density at radius 3 is 2.82 bits per heavy atom. The number of rotatable bonds is 3. The van der Waals surface area contributed by atoms with E-state index in [1.165, 1.54) is 11.3 Å². The predicted octanol–water partition coefficient (Wildman–Crippen LogP) is 1.86. The van der Waals surface area contributed by atoms with Crippen molar-refractivity contribution in [3.05, 3.63) is 21.9 Å². The number of carbonyl (C=O) groups is 1. The monoisotopic (exact) mass is 188 g/mol. The molecule has 0 bridgehead atoms. The average molecular weight is 188 g/mol. The van der Waals surface area contributed by atoms with Crippen LogP contribution in [0.3, 0.4) is 0 Å². The van der Waals surface area contributed by atoms with Gasteiger partial charge in [0, 0.05) is 4.88 Å². The fraction of sp³-hybridized carbons (Fsp3) is 0.286. The fourth-order valence-corrected chi connectivity index (χ4v) is 2.15. The maximum absolute atomic E-state index is 10.4. The van der Waals surface area contributed by atoms with Crippen LogP contribution < -0.4 is 0 Å². The highest BCUT2D eigenvalue weighted by Gasteiger charge is 2.05.